The standard InChI is InChI=1S/C16H29NO3S/c1-6-14(17-21(19)16(3,4)5)12-8-10-13(11-9-12)15(18)20-7-2/h12-13H,6-11H2,1-5H3. The predicted molar refractivity (Wildman–Crippen MR) is 87.7 cm³/mol. The fraction of sp³-hybridized carbons (Fsp3) is 0.875. The van der Waals surface area contributed by atoms with Crippen LogP contribution in [0.5, 0.6) is 0 Å². The molecular weight excluding hydrogens is 286 g/mol. The van der Waals surface area contributed by atoms with Crippen LogP contribution in [0, 0.1) is 11.8 Å². The zero-order chi connectivity index (χ0) is 16.0. The second-order valence-corrected chi connectivity index (χ2v) is 8.50. The summed E-state index contributed by atoms with van der Waals surface area (Å²) in [5.74, 6) is 0.337. The van der Waals surface area contributed by atoms with Crippen molar-refractivity contribution in [3.05, 3.63) is 0 Å². The summed E-state index contributed by atoms with van der Waals surface area (Å²) in [7, 11) is 0. The van der Waals surface area contributed by atoms with Crippen LogP contribution in [0.4, 0.5) is 0 Å². The van der Waals surface area contributed by atoms with Crippen molar-refractivity contribution in [2.75, 3.05) is 6.61 Å². The van der Waals surface area contributed by atoms with Gasteiger partial charge in [-0.05, 0) is 59.8 Å². The lowest BCUT2D eigenvalue weighted by Crippen LogP contribution is -2.30. The molecule has 1 fully saturated rings. The highest BCUT2D eigenvalue weighted by Crippen LogP contribution is 2.32. The largest absolute Gasteiger partial charge is 0.591 e. The van der Waals surface area contributed by atoms with Gasteiger partial charge in [0.2, 0.25) is 0 Å². The maximum atomic E-state index is 12.2. The Morgan fingerprint density at radius 2 is 1.71 bits per heavy atom. The van der Waals surface area contributed by atoms with E-state index >= 15 is 0 Å². The quantitative estimate of drug-likeness (QED) is 0.442. The van der Waals surface area contributed by atoms with Crippen molar-refractivity contribution in [1.82, 2.24) is 0 Å². The molecule has 21 heavy (non-hydrogen) atoms. The van der Waals surface area contributed by atoms with E-state index in [1.807, 2.05) is 27.7 Å². The Balaban J connectivity index is 2.62. The Bertz CT molecular complexity index is 368. The highest BCUT2D eigenvalue weighted by atomic mass is 32.2. The molecule has 0 aromatic heterocycles. The van der Waals surface area contributed by atoms with Crippen LogP contribution in [0.2, 0.25) is 0 Å². The molecule has 0 heterocycles. The normalized spacial score (nSPS) is 25.5. The molecule has 0 saturated heterocycles. The fourth-order valence-electron chi connectivity index (χ4n) is 2.59. The van der Waals surface area contributed by atoms with Gasteiger partial charge in [0.1, 0.15) is 16.1 Å². The van der Waals surface area contributed by atoms with Crippen LogP contribution in [0.3, 0.4) is 0 Å². The van der Waals surface area contributed by atoms with E-state index in [1.54, 1.807) is 0 Å². The van der Waals surface area contributed by atoms with Gasteiger partial charge in [0.15, 0.2) is 0 Å². The van der Waals surface area contributed by atoms with E-state index in [0.717, 1.165) is 37.8 Å². The summed E-state index contributed by atoms with van der Waals surface area (Å²) in [6, 6.07) is 0. The zero-order valence-electron chi connectivity index (χ0n) is 14.0. The molecule has 122 valence electrons. The van der Waals surface area contributed by atoms with Crippen LogP contribution in [0.1, 0.15) is 66.7 Å². The van der Waals surface area contributed by atoms with Crippen molar-refractivity contribution in [2.45, 2.75) is 71.5 Å². The van der Waals surface area contributed by atoms with E-state index < -0.39 is 11.4 Å². The summed E-state index contributed by atoms with van der Waals surface area (Å²) in [6.07, 6.45) is 4.42. The van der Waals surface area contributed by atoms with Gasteiger partial charge in [0.25, 0.3) is 0 Å². The number of carbonyl (C=O) groups is 1. The van der Waals surface area contributed by atoms with E-state index in [1.165, 1.54) is 0 Å². The van der Waals surface area contributed by atoms with Crippen LogP contribution in [-0.4, -0.2) is 27.6 Å². The first-order valence-electron chi connectivity index (χ1n) is 7.95. The first-order chi connectivity index (χ1) is 9.79. The third kappa shape index (κ3) is 5.62. The Labute approximate surface area is 132 Å². The number of nitrogens with zero attached hydrogens (tertiary/aromatic N) is 1. The van der Waals surface area contributed by atoms with E-state index in [-0.39, 0.29) is 16.6 Å². The monoisotopic (exact) mass is 315 g/mol. The lowest BCUT2D eigenvalue weighted by molar-refractivity contribution is -0.149. The molecule has 0 spiro atoms. The van der Waals surface area contributed by atoms with Crippen molar-refractivity contribution in [1.29, 1.82) is 0 Å². The number of rotatable bonds is 5. The van der Waals surface area contributed by atoms with Gasteiger partial charge in [-0.15, -0.1) is 0 Å². The van der Waals surface area contributed by atoms with Gasteiger partial charge in [-0.25, -0.2) is 0 Å². The molecule has 1 aliphatic rings. The lowest BCUT2D eigenvalue weighted by atomic mass is 9.79. The lowest BCUT2D eigenvalue weighted by Gasteiger charge is -2.28. The molecular formula is C16H29NO3S. The van der Waals surface area contributed by atoms with E-state index in [4.69, 9.17) is 4.74 Å². The molecule has 1 aliphatic carbocycles. The van der Waals surface area contributed by atoms with Gasteiger partial charge < -0.3 is 9.29 Å². The number of ether oxygens (including phenoxy) is 1. The molecule has 1 unspecified atom stereocenters. The molecule has 1 saturated carbocycles. The SMILES string of the molecule is CCOC(=O)C1CCC(C(CC)=N[S+]([O-])C(C)(C)C)CC1. The molecule has 1 atom stereocenters. The van der Waals surface area contributed by atoms with Gasteiger partial charge in [0.05, 0.1) is 18.2 Å². The zero-order valence-corrected chi connectivity index (χ0v) is 14.8. The second kappa shape index (κ2) is 8.18. The second-order valence-electron chi connectivity index (χ2n) is 6.60. The Morgan fingerprint density at radius 1 is 1.19 bits per heavy atom. The van der Waals surface area contributed by atoms with Gasteiger partial charge in [-0.2, -0.15) is 0 Å². The highest BCUT2D eigenvalue weighted by molar-refractivity contribution is 7.91. The molecule has 0 N–H and O–H groups in total. The van der Waals surface area contributed by atoms with Crippen molar-refractivity contribution in [3.63, 3.8) is 0 Å². The third-order valence-corrected chi connectivity index (χ3v) is 5.35. The molecule has 4 nitrogen and oxygen atoms in total. The number of hydrogen-bond donors (Lipinski definition) is 0. The van der Waals surface area contributed by atoms with Crippen molar-refractivity contribution < 1.29 is 14.1 Å². The number of carbonyl (C=O) groups excluding carboxylic acids is 1. The van der Waals surface area contributed by atoms with Crippen LogP contribution in [0.15, 0.2) is 4.40 Å². The van der Waals surface area contributed by atoms with E-state index in [2.05, 4.69) is 11.3 Å². The molecule has 0 amide bonds. The van der Waals surface area contributed by atoms with E-state index in [0.29, 0.717) is 12.5 Å². The van der Waals surface area contributed by atoms with Crippen LogP contribution in [-0.2, 0) is 20.9 Å². The first-order valence-corrected chi connectivity index (χ1v) is 9.06. The number of hydrogen-bond acceptors (Lipinski definition) is 4. The summed E-state index contributed by atoms with van der Waals surface area (Å²) in [6.45, 7) is 10.2. The summed E-state index contributed by atoms with van der Waals surface area (Å²) in [5, 5.41) is 0. The molecule has 0 aromatic rings. The van der Waals surface area contributed by atoms with Crippen molar-refractivity contribution in [3.8, 4) is 0 Å². The molecule has 0 aliphatic heterocycles. The summed E-state index contributed by atoms with van der Waals surface area (Å²) in [5.41, 5.74) is 1.05. The molecule has 0 aromatic carbocycles. The minimum atomic E-state index is -1.19. The molecule has 0 bridgehead atoms. The smallest absolute Gasteiger partial charge is 0.308 e. The van der Waals surface area contributed by atoms with Crippen LogP contribution >= 0.6 is 0 Å². The Kier molecular flexibility index (Phi) is 7.21. The van der Waals surface area contributed by atoms with Crippen molar-refractivity contribution in [2.24, 2.45) is 16.2 Å². The van der Waals surface area contributed by atoms with Gasteiger partial charge in [-0.3, -0.25) is 4.79 Å². The summed E-state index contributed by atoms with van der Waals surface area (Å²) >= 11 is -1.19. The fourth-order valence-corrected chi connectivity index (χ4v) is 3.36. The average molecular weight is 315 g/mol. The third-order valence-electron chi connectivity index (χ3n) is 3.90. The van der Waals surface area contributed by atoms with E-state index in [9.17, 15) is 9.35 Å². The van der Waals surface area contributed by atoms with Gasteiger partial charge >= 0.3 is 5.97 Å². The van der Waals surface area contributed by atoms with Crippen LogP contribution in [0.25, 0.3) is 0 Å². The van der Waals surface area contributed by atoms with Crippen LogP contribution < -0.4 is 0 Å². The predicted octanol–water partition coefficient (Wildman–Crippen LogP) is 3.67. The molecule has 0 radical (unpaired) electrons. The minimum Gasteiger partial charge on any atom is -0.591 e. The maximum Gasteiger partial charge on any atom is 0.308 e. The topological polar surface area (TPSA) is 61.7 Å². The molecule has 5 heteroatoms. The highest BCUT2D eigenvalue weighted by Gasteiger charge is 2.32. The van der Waals surface area contributed by atoms with Gasteiger partial charge in [-0.1, -0.05) is 11.3 Å². The first kappa shape index (κ1) is 18.5. The summed E-state index contributed by atoms with van der Waals surface area (Å²) in [4.78, 5) is 11.8. The summed E-state index contributed by atoms with van der Waals surface area (Å²) < 4.78 is 21.4. The van der Waals surface area contributed by atoms with Gasteiger partial charge in [0, 0.05) is 5.92 Å². The Hall–Kier alpha value is -0.550. The number of esters is 1. The Morgan fingerprint density at radius 3 is 2.14 bits per heavy atom. The minimum absolute atomic E-state index is 0.0346. The van der Waals surface area contributed by atoms with Crippen molar-refractivity contribution >= 4 is 23.0 Å². The molecule has 1 rings (SSSR count). The maximum absolute atomic E-state index is 12.2. The average Bonchev–Trinajstić information content (AvgIpc) is 2.44.